The average Bonchev–Trinajstić information content (AvgIpc) is 2.30. The van der Waals surface area contributed by atoms with Gasteiger partial charge in [-0.05, 0) is 25.0 Å². The molecule has 2 heteroatoms. The van der Waals surface area contributed by atoms with Crippen LogP contribution in [0.25, 0.3) is 5.57 Å². The van der Waals surface area contributed by atoms with E-state index in [1.54, 1.807) is 0 Å². The molecule has 86 valence electrons. The highest BCUT2D eigenvalue weighted by Gasteiger charge is 2.18. The molecule has 1 aromatic carbocycles. The molecule has 0 saturated carbocycles. The van der Waals surface area contributed by atoms with Gasteiger partial charge in [0, 0.05) is 6.42 Å². The summed E-state index contributed by atoms with van der Waals surface area (Å²) in [5.74, 6) is 0. The molecular formula is C14H18O2. The number of ether oxygens (including phenoxy) is 2. The van der Waals surface area contributed by atoms with Gasteiger partial charge in [0.25, 0.3) is 0 Å². The maximum atomic E-state index is 5.68. The molecular weight excluding hydrogens is 200 g/mol. The Labute approximate surface area is 96.9 Å². The predicted octanol–water partition coefficient (Wildman–Crippen LogP) is 3.24. The van der Waals surface area contributed by atoms with Crippen LogP contribution in [0, 0.1) is 0 Å². The summed E-state index contributed by atoms with van der Waals surface area (Å²) in [5, 5.41) is 0. The van der Waals surface area contributed by atoms with Gasteiger partial charge in [0.05, 0.1) is 12.7 Å². The van der Waals surface area contributed by atoms with Crippen LogP contribution in [0.5, 0.6) is 0 Å². The van der Waals surface area contributed by atoms with Crippen molar-refractivity contribution in [3.05, 3.63) is 42.0 Å². The first-order chi connectivity index (χ1) is 7.75. The quantitative estimate of drug-likeness (QED) is 0.775. The summed E-state index contributed by atoms with van der Waals surface area (Å²) >= 11 is 0. The van der Waals surface area contributed by atoms with Crippen LogP contribution < -0.4 is 0 Å². The van der Waals surface area contributed by atoms with Crippen LogP contribution in [0.4, 0.5) is 0 Å². The number of benzene rings is 1. The molecule has 2 nitrogen and oxygen atoms in total. The summed E-state index contributed by atoms with van der Waals surface area (Å²) < 4.78 is 11.2. The molecule has 0 fully saturated rings. The topological polar surface area (TPSA) is 18.5 Å². The van der Waals surface area contributed by atoms with Crippen molar-refractivity contribution in [1.82, 2.24) is 0 Å². The molecule has 0 N–H and O–H groups in total. The minimum Gasteiger partial charge on any atom is -0.350 e. The van der Waals surface area contributed by atoms with E-state index in [-0.39, 0.29) is 12.4 Å². The minimum absolute atomic E-state index is 0.0970. The zero-order valence-corrected chi connectivity index (χ0v) is 9.85. The van der Waals surface area contributed by atoms with Crippen LogP contribution in [0.15, 0.2) is 36.4 Å². The second kappa shape index (κ2) is 5.28. The lowest BCUT2D eigenvalue weighted by Crippen LogP contribution is -2.24. The van der Waals surface area contributed by atoms with E-state index in [2.05, 4.69) is 30.3 Å². The third-order valence-corrected chi connectivity index (χ3v) is 2.57. The van der Waals surface area contributed by atoms with E-state index in [1.807, 2.05) is 19.9 Å². The minimum atomic E-state index is -0.0970. The fraction of sp³-hybridized carbons (Fsp3) is 0.429. The van der Waals surface area contributed by atoms with Gasteiger partial charge < -0.3 is 9.47 Å². The van der Waals surface area contributed by atoms with Crippen LogP contribution >= 0.6 is 0 Å². The first-order valence-corrected chi connectivity index (χ1v) is 5.77. The van der Waals surface area contributed by atoms with Crippen LogP contribution in [-0.2, 0) is 9.47 Å². The second-order valence-electron chi connectivity index (χ2n) is 4.25. The lowest BCUT2D eigenvalue weighted by molar-refractivity contribution is -0.155. The van der Waals surface area contributed by atoms with E-state index in [4.69, 9.17) is 9.47 Å². The smallest absolute Gasteiger partial charge is 0.162 e. The van der Waals surface area contributed by atoms with Crippen molar-refractivity contribution in [2.45, 2.75) is 32.7 Å². The lowest BCUT2D eigenvalue weighted by Gasteiger charge is -2.25. The molecule has 0 bridgehead atoms. The Hall–Kier alpha value is -1.12. The summed E-state index contributed by atoms with van der Waals surface area (Å²) in [6.45, 7) is 4.70. The van der Waals surface area contributed by atoms with Gasteiger partial charge in [-0.3, -0.25) is 0 Å². The van der Waals surface area contributed by atoms with Crippen LogP contribution in [-0.4, -0.2) is 19.0 Å². The molecule has 1 unspecified atom stereocenters. The van der Waals surface area contributed by atoms with Gasteiger partial charge in [0.1, 0.15) is 0 Å². The first kappa shape index (κ1) is 11.4. The maximum Gasteiger partial charge on any atom is 0.162 e. The molecule has 0 aromatic heterocycles. The van der Waals surface area contributed by atoms with E-state index in [9.17, 15) is 0 Å². The molecule has 0 saturated heterocycles. The zero-order valence-electron chi connectivity index (χ0n) is 9.85. The molecule has 1 heterocycles. The van der Waals surface area contributed by atoms with E-state index < -0.39 is 0 Å². The Kier molecular flexibility index (Phi) is 3.75. The number of hydrogen-bond donors (Lipinski definition) is 0. The SMILES string of the molecule is CC(C)OC1CC(c2ccccc2)=CCO1. The van der Waals surface area contributed by atoms with E-state index in [1.165, 1.54) is 11.1 Å². The molecule has 0 aliphatic carbocycles. The monoisotopic (exact) mass is 218 g/mol. The summed E-state index contributed by atoms with van der Waals surface area (Å²) in [5.41, 5.74) is 2.58. The zero-order chi connectivity index (χ0) is 11.4. The molecule has 0 radical (unpaired) electrons. The molecule has 1 aliphatic heterocycles. The van der Waals surface area contributed by atoms with Crippen molar-refractivity contribution in [2.24, 2.45) is 0 Å². The number of rotatable bonds is 3. The summed E-state index contributed by atoms with van der Waals surface area (Å²) in [4.78, 5) is 0. The van der Waals surface area contributed by atoms with Crippen molar-refractivity contribution in [2.75, 3.05) is 6.61 Å². The number of hydrogen-bond acceptors (Lipinski definition) is 2. The molecule has 0 amide bonds. The van der Waals surface area contributed by atoms with Crippen LogP contribution in [0.2, 0.25) is 0 Å². The van der Waals surface area contributed by atoms with Crippen molar-refractivity contribution in [3.8, 4) is 0 Å². The summed E-state index contributed by atoms with van der Waals surface area (Å²) in [7, 11) is 0. The van der Waals surface area contributed by atoms with Crippen LogP contribution in [0.1, 0.15) is 25.8 Å². The van der Waals surface area contributed by atoms with Gasteiger partial charge in [-0.15, -0.1) is 0 Å². The molecule has 16 heavy (non-hydrogen) atoms. The summed E-state index contributed by atoms with van der Waals surface area (Å²) in [6.07, 6.45) is 3.08. The van der Waals surface area contributed by atoms with Gasteiger partial charge in [-0.1, -0.05) is 36.4 Å². The van der Waals surface area contributed by atoms with Crippen molar-refractivity contribution in [1.29, 1.82) is 0 Å². The van der Waals surface area contributed by atoms with Gasteiger partial charge >= 0.3 is 0 Å². The van der Waals surface area contributed by atoms with Gasteiger partial charge in [-0.25, -0.2) is 0 Å². The van der Waals surface area contributed by atoms with Crippen molar-refractivity contribution >= 4 is 5.57 Å². The standard InChI is InChI=1S/C14H18O2/c1-11(2)16-14-10-13(8-9-15-14)12-6-4-3-5-7-12/h3-8,11,14H,9-10H2,1-2H3. The Balaban J connectivity index is 2.04. The third kappa shape index (κ3) is 2.94. The van der Waals surface area contributed by atoms with Gasteiger partial charge in [0.15, 0.2) is 6.29 Å². The second-order valence-corrected chi connectivity index (χ2v) is 4.25. The molecule has 1 atom stereocenters. The van der Waals surface area contributed by atoms with Gasteiger partial charge in [-0.2, -0.15) is 0 Å². The fourth-order valence-corrected chi connectivity index (χ4v) is 1.86. The molecule has 2 rings (SSSR count). The van der Waals surface area contributed by atoms with Crippen molar-refractivity contribution < 1.29 is 9.47 Å². The first-order valence-electron chi connectivity index (χ1n) is 5.77. The molecule has 0 spiro atoms. The Morgan fingerprint density at radius 1 is 1.25 bits per heavy atom. The van der Waals surface area contributed by atoms with E-state index >= 15 is 0 Å². The maximum absolute atomic E-state index is 5.68. The highest BCUT2D eigenvalue weighted by molar-refractivity contribution is 5.66. The lowest BCUT2D eigenvalue weighted by atomic mass is 10.0. The Bertz CT molecular complexity index is 354. The third-order valence-electron chi connectivity index (χ3n) is 2.57. The largest absolute Gasteiger partial charge is 0.350 e. The highest BCUT2D eigenvalue weighted by Crippen LogP contribution is 2.25. The Morgan fingerprint density at radius 2 is 2.00 bits per heavy atom. The highest BCUT2D eigenvalue weighted by atomic mass is 16.7. The molecule has 1 aliphatic rings. The van der Waals surface area contributed by atoms with E-state index in [0.717, 1.165) is 6.42 Å². The Morgan fingerprint density at radius 3 is 2.69 bits per heavy atom. The van der Waals surface area contributed by atoms with Gasteiger partial charge in [0.2, 0.25) is 0 Å². The summed E-state index contributed by atoms with van der Waals surface area (Å²) in [6, 6.07) is 10.4. The molecule has 1 aromatic rings. The predicted molar refractivity (Wildman–Crippen MR) is 65.0 cm³/mol. The normalized spacial score (nSPS) is 20.9. The average molecular weight is 218 g/mol. The van der Waals surface area contributed by atoms with E-state index in [0.29, 0.717) is 6.61 Å². The fourth-order valence-electron chi connectivity index (χ4n) is 1.86. The van der Waals surface area contributed by atoms with Crippen molar-refractivity contribution in [3.63, 3.8) is 0 Å². The van der Waals surface area contributed by atoms with Crippen LogP contribution in [0.3, 0.4) is 0 Å².